The molecule has 6 nitrogen and oxygen atoms in total. The van der Waals surface area contributed by atoms with Gasteiger partial charge in [-0.05, 0) is 42.9 Å². The molecule has 152 valence electrons. The van der Waals surface area contributed by atoms with E-state index >= 15 is 0 Å². The van der Waals surface area contributed by atoms with Crippen molar-refractivity contribution in [2.45, 2.75) is 37.1 Å². The number of amides is 4. The smallest absolute Gasteiger partial charge is 0.324 e. The second-order valence-corrected chi connectivity index (χ2v) is 7.99. The molecule has 1 saturated heterocycles. The van der Waals surface area contributed by atoms with Crippen molar-refractivity contribution in [3.8, 4) is 0 Å². The minimum atomic E-state index is -1.18. The standard InChI is InChI=1S/C22H25N3O3S/c1-4-7-15-10-12-16(13-11-15)22(2)20(27)25(21(28)24-22)14-19(26)23-17-8-5-6-9-18(17)29-3/h5-6,8-13H,4,7,14H2,1-3H3,(H,23,26)(H,24,28)/t22-/m1/s1. The van der Waals surface area contributed by atoms with Gasteiger partial charge in [-0.3, -0.25) is 14.5 Å². The summed E-state index contributed by atoms with van der Waals surface area (Å²) in [7, 11) is 0. The highest BCUT2D eigenvalue weighted by atomic mass is 32.2. The molecule has 7 heteroatoms. The number of aryl methyl sites for hydroxylation is 1. The van der Waals surface area contributed by atoms with E-state index in [0.29, 0.717) is 11.3 Å². The topological polar surface area (TPSA) is 78.5 Å². The average molecular weight is 412 g/mol. The summed E-state index contributed by atoms with van der Waals surface area (Å²) >= 11 is 1.51. The number of hydrogen-bond acceptors (Lipinski definition) is 4. The van der Waals surface area contributed by atoms with Gasteiger partial charge in [0.05, 0.1) is 5.69 Å². The minimum Gasteiger partial charge on any atom is -0.324 e. The molecule has 2 N–H and O–H groups in total. The predicted molar refractivity (Wildman–Crippen MR) is 115 cm³/mol. The second kappa shape index (κ2) is 8.69. The van der Waals surface area contributed by atoms with E-state index in [2.05, 4.69) is 17.6 Å². The van der Waals surface area contributed by atoms with Crippen LogP contribution in [0.5, 0.6) is 0 Å². The van der Waals surface area contributed by atoms with Crippen LogP contribution in [0.25, 0.3) is 0 Å². The number of nitrogens with zero attached hydrogens (tertiary/aromatic N) is 1. The number of hydrogen-bond donors (Lipinski definition) is 2. The molecule has 1 atom stereocenters. The predicted octanol–water partition coefficient (Wildman–Crippen LogP) is 3.77. The lowest BCUT2D eigenvalue weighted by Gasteiger charge is -2.22. The molecule has 0 unspecified atom stereocenters. The van der Waals surface area contributed by atoms with Crippen molar-refractivity contribution in [1.82, 2.24) is 10.2 Å². The van der Waals surface area contributed by atoms with E-state index in [0.717, 1.165) is 22.6 Å². The molecular formula is C22H25N3O3S. The molecule has 0 aromatic heterocycles. The van der Waals surface area contributed by atoms with Crippen molar-refractivity contribution in [3.05, 3.63) is 59.7 Å². The number of carbonyl (C=O) groups is 3. The van der Waals surface area contributed by atoms with E-state index in [4.69, 9.17) is 0 Å². The van der Waals surface area contributed by atoms with Gasteiger partial charge in [0, 0.05) is 4.90 Å². The summed E-state index contributed by atoms with van der Waals surface area (Å²) in [6.07, 6.45) is 3.91. The lowest BCUT2D eigenvalue weighted by atomic mass is 9.91. The SMILES string of the molecule is CCCc1ccc([C@@]2(C)NC(=O)N(CC(=O)Nc3ccccc3SC)C2=O)cc1. The number of rotatable bonds is 7. The van der Waals surface area contributed by atoms with Crippen LogP contribution in [-0.2, 0) is 21.5 Å². The molecule has 4 amide bonds. The molecule has 2 aromatic carbocycles. The third kappa shape index (κ3) is 4.29. The maximum absolute atomic E-state index is 13.0. The van der Waals surface area contributed by atoms with Crippen LogP contribution in [0.3, 0.4) is 0 Å². The van der Waals surface area contributed by atoms with Gasteiger partial charge >= 0.3 is 6.03 Å². The van der Waals surface area contributed by atoms with Crippen LogP contribution in [0.15, 0.2) is 53.4 Å². The first-order valence-electron chi connectivity index (χ1n) is 9.55. The molecule has 3 rings (SSSR count). The monoisotopic (exact) mass is 411 g/mol. The van der Waals surface area contributed by atoms with Gasteiger partial charge in [-0.1, -0.05) is 49.7 Å². The van der Waals surface area contributed by atoms with Crippen LogP contribution in [-0.4, -0.2) is 35.5 Å². The molecular weight excluding hydrogens is 386 g/mol. The molecule has 1 heterocycles. The van der Waals surface area contributed by atoms with Crippen molar-refractivity contribution in [2.75, 3.05) is 18.1 Å². The Bertz CT molecular complexity index is 929. The molecule has 0 saturated carbocycles. The lowest BCUT2D eigenvalue weighted by molar-refractivity contribution is -0.133. The van der Waals surface area contributed by atoms with E-state index < -0.39 is 23.4 Å². The summed E-state index contributed by atoms with van der Waals surface area (Å²) in [6, 6.07) is 14.5. The first kappa shape index (κ1) is 20.9. The summed E-state index contributed by atoms with van der Waals surface area (Å²) in [5, 5.41) is 5.53. The average Bonchev–Trinajstić information content (AvgIpc) is 2.93. The third-order valence-electron chi connectivity index (χ3n) is 5.03. The van der Waals surface area contributed by atoms with E-state index in [1.807, 2.05) is 48.7 Å². The largest absolute Gasteiger partial charge is 0.325 e. The maximum Gasteiger partial charge on any atom is 0.325 e. The molecule has 0 radical (unpaired) electrons. The van der Waals surface area contributed by atoms with Crippen LogP contribution in [0, 0.1) is 0 Å². The number of benzene rings is 2. The third-order valence-corrected chi connectivity index (χ3v) is 5.82. The molecule has 0 aliphatic carbocycles. The van der Waals surface area contributed by atoms with Crippen molar-refractivity contribution < 1.29 is 14.4 Å². The fourth-order valence-corrected chi connectivity index (χ4v) is 3.96. The zero-order valence-electron chi connectivity index (χ0n) is 16.8. The molecule has 1 aliphatic rings. The second-order valence-electron chi connectivity index (χ2n) is 7.14. The number of urea groups is 1. The van der Waals surface area contributed by atoms with E-state index in [9.17, 15) is 14.4 Å². The Morgan fingerprint density at radius 3 is 2.48 bits per heavy atom. The lowest BCUT2D eigenvalue weighted by Crippen LogP contribution is -2.42. The van der Waals surface area contributed by atoms with Gasteiger partial charge in [-0.15, -0.1) is 11.8 Å². The maximum atomic E-state index is 13.0. The first-order chi connectivity index (χ1) is 13.9. The molecule has 0 spiro atoms. The fourth-order valence-electron chi connectivity index (χ4n) is 3.41. The highest BCUT2D eigenvalue weighted by Gasteiger charge is 2.49. The summed E-state index contributed by atoms with van der Waals surface area (Å²) in [6.45, 7) is 3.44. The number of carbonyl (C=O) groups excluding carboxylic acids is 3. The Balaban J connectivity index is 1.73. The molecule has 2 aromatic rings. The minimum absolute atomic E-state index is 0.336. The highest BCUT2D eigenvalue weighted by molar-refractivity contribution is 7.98. The number of anilines is 1. The van der Waals surface area contributed by atoms with Crippen molar-refractivity contribution in [3.63, 3.8) is 0 Å². The quantitative estimate of drug-likeness (QED) is 0.537. The van der Waals surface area contributed by atoms with Crippen LogP contribution >= 0.6 is 11.8 Å². The van der Waals surface area contributed by atoms with E-state index in [-0.39, 0.29) is 6.54 Å². The van der Waals surface area contributed by atoms with Crippen LogP contribution in [0.4, 0.5) is 10.5 Å². The summed E-state index contributed by atoms with van der Waals surface area (Å²) in [5.74, 6) is -0.850. The van der Waals surface area contributed by atoms with Gasteiger partial charge in [0.25, 0.3) is 5.91 Å². The number of nitrogens with one attached hydrogen (secondary N) is 2. The van der Waals surface area contributed by atoms with Gasteiger partial charge in [-0.2, -0.15) is 0 Å². The Labute approximate surface area is 175 Å². The van der Waals surface area contributed by atoms with Crippen molar-refractivity contribution in [2.24, 2.45) is 0 Å². The number of thioether (sulfide) groups is 1. The van der Waals surface area contributed by atoms with Crippen LogP contribution in [0.2, 0.25) is 0 Å². The normalized spacial score (nSPS) is 18.7. The zero-order valence-corrected chi connectivity index (χ0v) is 17.6. The van der Waals surface area contributed by atoms with E-state index in [1.165, 1.54) is 17.3 Å². The zero-order chi connectivity index (χ0) is 21.0. The van der Waals surface area contributed by atoms with Crippen LogP contribution < -0.4 is 10.6 Å². The molecule has 29 heavy (non-hydrogen) atoms. The summed E-state index contributed by atoms with van der Waals surface area (Å²) in [5.41, 5.74) is 1.36. The molecule has 1 aliphatic heterocycles. The Morgan fingerprint density at radius 2 is 1.83 bits per heavy atom. The van der Waals surface area contributed by atoms with Gasteiger partial charge in [0.1, 0.15) is 12.1 Å². The molecule has 1 fully saturated rings. The van der Waals surface area contributed by atoms with Crippen molar-refractivity contribution >= 4 is 35.3 Å². The first-order valence-corrected chi connectivity index (χ1v) is 10.8. The van der Waals surface area contributed by atoms with Gasteiger partial charge in [-0.25, -0.2) is 4.79 Å². The van der Waals surface area contributed by atoms with Gasteiger partial charge in [0.2, 0.25) is 5.91 Å². The molecule has 0 bridgehead atoms. The van der Waals surface area contributed by atoms with Gasteiger partial charge in [0.15, 0.2) is 0 Å². The highest BCUT2D eigenvalue weighted by Crippen LogP contribution is 2.29. The van der Waals surface area contributed by atoms with E-state index in [1.54, 1.807) is 13.0 Å². The van der Waals surface area contributed by atoms with Crippen molar-refractivity contribution in [1.29, 1.82) is 0 Å². The Morgan fingerprint density at radius 1 is 1.14 bits per heavy atom. The van der Waals surface area contributed by atoms with Gasteiger partial charge < -0.3 is 10.6 Å². The van der Waals surface area contributed by atoms with Crippen LogP contribution in [0.1, 0.15) is 31.4 Å². The number of para-hydroxylation sites is 1. The fraction of sp³-hybridized carbons (Fsp3) is 0.318. The summed E-state index contributed by atoms with van der Waals surface area (Å²) in [4.78, 5) is 39.9. The Hall–Kier alpha value is -2.80. The Kier molecular flexibility index (Phi) is 6.27. The number of imide groups is 1. The summed E-state index contributed by atoms with van der Waals surface area (Å²) < 4.78 is 0.